The van der Waals surface area contributed by atoms with Crippen LogP contribution in [0.3, 0.4) is 0 Å². The van der Waals surface area contributed by atoms with Gasteiger partial charge in [-0.3, -0.25) is 4.79 Å². The first-order valence-corrected chi connectivity index (χ1v) is 11.1. The number of hydrogen-bond donors (Lipinski definition) is 2. The minimum absolute atomic E-state index is 0.0115. The lowest BCUT2D eigenvalue weighted by atomic mass is 10.1. The fourth-order valence-electron chi connectivity index (χ4n) is 4.03. The molecule has 2 N–H and O–H groups in total. The van der Waals surface area contributed by atoms with E-state index in [-0.39, 0.29) is 12.0 Å². The van der Waals surface area contributed by atoms with Crippen molar-refractivity contribution in [3.8, 4) is 0 Å². The Morgan fingerprint density at radius 3 is 2.93 bits per heavy atom. The fraction of sp³-hybridized carbons (Fsp3) is 0.650. The highest BCUT2D eigenvalue weighted by Gasteiger charge is 2.21. The van der Waals surface area contributed by atoms with E-state index in [1.165, 1.54) is 30.6 Å². The van der Waals surface area contributed by atoms with Crippen molar-refractivity contribution in [1.82, 2.24) is 20.2 Å². The van der Waals surface area contributed by atoms with E-state index >= 15 is 0 Å². The number of amides is 1. The average Bonchev–Trinajstić information content (AvgIpc) is 3.35. The standard InChI is InChI=1S/C20H29N5O2S/c1-14-16-18(22-12-15-6-5-11-27-15)23-13-24-20(16)28-17(14)19(26)21-7-10-25-8-3-2-4-9-25/h13,15H,2-12H2,1H3,(H,21,26)(H,22,23,24). The van der Waals surface area contributed by atoms with E-state index in [1.54, 1.807) is 6.33 Å². The third-order valence-electron chi connectivity index (χ3n) is 5.62. The van der Waals surface area contributed by atoms with Gasteiger partial charge in [-0.1, -0.05) is 6.42 Å². The van der Waals surface area contributed by atoms with Crippen LogP contribution in [0, 0.1) is 6.92 Å². The van der Waals surface area contributed by atoms with Gasteiger partial charge in [0.1, 0.15) is 17.0 Å². The number of nitrogens with zero attached hydrogens (tertiary/aromatic N) is 3. The predicted molar refractivity (Wildman–Crippen MR) is 112 cm³/mol. The van der Waals surface area contributed by atoms with Gasteiger partial charge in [0.15, 0.2) is 0 Å². The highest BCUT2D eigenvalue weighted by Crippen LogP contribution is 2.33. The van der Waals surface area contributed by atoms with Crippen molar-refractivity contribution in [2.75, 3.05) is 44.6 Å². The molecule has 0 radical (unpaired) electrons. The molecule has 2 aliphatic rings. The van der Waals surface area contributed by atoms with Crippen LogP contribution >= 0.6 is 11.3 Å². The van der Waals surface area contributed by atoms with E-state index in [9.17, 15) is 4.79 Å². The number of piperidine rings is 1. The lowest BCUT2D eigenvalue weighted by molar-refractivity contribution is 0.0950. The topological polar surface area (TPSA) is 79.4 Å². The molecule has 0 spiro atoms. The second-order valence-corrected chi connectivity index (χ2v) is 8.63. The maximum absolute atomic E-state index is 12.7. The number of ether oxygens (including phenoxy) is 1. The fourth-order valence-corrected chi connectivity index (χ4v) is 5.09. The molecule has 8 heteroatoms. The lowest BCUT2D eigenvalue weighted by Gasteiger charge is -2.26. The number of carbonyl (C=O) groups is 1. The van der Waals surface area contributed by atoms with Crippen molar-refractivity contribution < 1.29 is 9.53 Å². The van der Waals surface area contributed by atoms with Gasteiger partial charge in [0.05, 0.1) is 16.4 Å². The molecular weight excluding hydrogens is 374 g/mol. The third kappa shape index (κ3) is 4.45. The van der Waals surface area contributed by atoms with Crippen LogP contribution in [0.1, 0.15) is 47.3 Å². The Kier molecular flexibility index (Phi) is 6.39. The van der Waals surface area contributed by atoms with Crippen LogP contribution in [0.15, 0.2) is 6.33 Å². The smallest absolute Gasteiger partial charge is 0.261 e. The molecule has 1 unspecified atom stereocenters. The summed E-state index contributed by atoms with van der Waals surface area (Å²) in [5.74, 6) is 0.782. The number of nitrogens with one attached hydrogen (secondary N) is 2. The SMILES string of the molecule is Cc1c(C(=O)NCCN2CCCCC2)sc2ncnc(NCC3CCCO3)c12. The van der Waals surface area contributed by atoms with Crippen LogP contribution in [0.2, 0.25) is 0 Å². The minimum atomic E-state index is -0.0115. The van der Waals surface area contributed by atoms with Crippen molar-refractivity contribution in [3.63, 3.8) is 0 Å². The molecule has 2 aliphatic heterocycles. The van der Waals surface area contributed by atoms with E-state index in [0.29, 0.717) is 6.54 Å². The van der Waals surface area contributed by atoms with Crippen molar-refractivity contribution >= 4 is 33.3 Å². The lowest BCUT2D eigenvalue weighted by Crippen LogP contribution is -2.37. The highest BCUT2D eigenvalue weighted by molar-refractivity contribution is 7.20. The molecule has 1 amide bonds. The molecular formula is C20H29N5O2S. The number of hydrogen-bond acceptors (Lipinski definition) is 7. The Bertz CT molecular complexity index is 812. The molecule has 2 fully saturated rings. The number of fused-ring (bicyclic) bond motifs is 1. The van der Waals surface area contributed by atoms with Gasteiger partial charge in [-0.25, -0.2) is 9.97 Å². The van der Waals surface area contributed by atoms with Crippen LogP contribution in [0.5, 0.6) is 0 Å². The maximum Gasteiger partial charge on any atom is 0.261 e. The van der Waals surface area contributed by atoms with E-state index < -0.39 is 0 Å². The largest absolute Gasteiger partial charge is 0.376 e. The molecule has 4 rings (SSSR count). The first-order chi connectivity index (χ1) is 13.7. The molecule has 2 saturated heterocycles. The first-order valence-electron chi connectivity index (χ1n) is 10.3. The normalized spacial score (nSPS) is 20.5. The summed E-state index contributed by atoms with van der Waals surface area (Å²) >= 11 is 1.44. The molecule has 0 saturated carbocycles. The number of aryl methyl sites for hydroxylation is 1. The zero-order valence-electron chi connectivity index (χ0n) is 16.5. The summed E-state index contributed by atoms with van der Waals surface area (Å²) in [4.78, 5) is 25.6. The zero-order valence-corrected chi connectivity index (χ0v) is 17.3. The Hall–Kier alpha value is -1.77. The van der Waals surface area contributed by atoms with E-state index in [2.05, 4.69) is 25.5 Å². The molecule has 152 valence electrons. The van der Waals surface area contributed by atoms with E-state index in [4.69, 9.17) is 4.74 Å². The third-order valence-corrected chi connectivity index (χ3v) is 6.82. The summed E-state index contributed by atoms with van der Waals surface area (Å²) in [7, 11) is 0. The Balaban J connectivity index is 1.41. The van der Waals surface area contributed by atoms with Gasteiger partial charge in [0.25, 0.3) is 5.91 Å². The van der Waals surface area contributed by atoms with Crippen molar-refractivity contribution in [3.05, 3.63) is 16.8 Å². The van der Waals surface area contributed by atoms with Gasteiger partial charge in [-0.05, 0) is 51.3 Å². The van der Waals surface area contributed by atoms with Crippen LogP contribution in [-0.2, 0) is 4.74 Å². The number of likely N-dealkylation sites (tertiary alicyclic amines) is 1. The first kappa shape index (κ1) is 19.5. The second-order valence-electron chi connectivity index (χ2n) is 7.63. The summed E-state index contributed by atoms with van der Waals surface area (Å²) in [6.07, 6.45) is 7.86. The van der Waals surface area contributed by atoms with Gasteiger partial charge in [-0.2, -0.15) is 0 Å². The molecule has 7 nitrogen and oxygen atoms in total. The average molecular weight is 404 g/mol. The van der Waals surface area contributed by atoms with Crippen LogP contribution in [0.25, 0.3) is 10.2 Å². The minimum Gasteiger partial charge on any atom is -0.376 e. The molecule has 0 bridgehead atoms. The monoisotopic (exact) mass is 403 g/mol. The number of carbonyl (C=O) groups excluding carboxylic acids is 1. The Labute approximate surface area is 169 Å². The summed E-state index contributed by atoms with van der Waals surface area (Å²) in [6, 6.07) is 0. The zero-order chi connectivity index (χ0) is 19.3. The molecule has 1 atom stereocenters. The number of anilines is 1. The van der Waals surface area contributed by atoms with Gasteiger partial charge in [-0.15, -0.1) is 11.3 Å². The van der Waals surface area contributed by atoms with Crippen LogP contribution in [-0.4, -0.2) is 66.2 Å². The number of thiophene rings is 1. The maximum atomic E-state index is 12.7. The van der Waals surface area contributed by atoms with Crippen molar-refractivity contribution in [1.29, 1.82) is 0 Å². The molecule has 0 aliphatic carbocycles. The number of rotatable bonds is 7. The summed E-state index contributed by atoms with van der Waals surface area (Å²) < 4.78 is 5.68. The van der Waals surface area contributed by atoms with E-state index in [0.717, 1.165) is 72.1 Å². The molecule has 28 heavy (non-hydrogen) atoms. The van der Waals surface area contributed by atoms with E-state index in [1.807, 2.05) is 6.92 Å². The van der Waals surface area contributed by atoms with Crippen LogP contribution in [0.4, 0.5) is 5.82 Å². The second kappa shape index (κ2) is 9.15. The molecule has 0 aromatic carbocycles. The Morgan fingerprint density at radius 1 is 1.29 bits per heavy atom. The van der Waals surface area contributed by atoms with Gasteiger partial charge in [0.2, 0.25) is 0 Å². The molecule has 2 aromatic rings. The van der Waals surface area contributed by atoms with Gasteiger partial charge in [0, 0.05) is 26.2 Å². The summed E-state index contributed by atoms with van der Waals surface area (Å²) in [5.41, 5.74) is 0.950. The number of aromatic nitrogens is 2. The van der Waals surface area contributed by atoms with Crippen molar-refractivity contribution in [2.45, 2.75) is 45.1 Å². The summed E-state index contributed by atoms with van der Waals surface area (Å²) in [5, 5.41) is 7.44. The van der Waals surface area contributed by atoms with Crippen molar-refractivity contribution in [2.24, 2.45) is 0 Å². The Morgan fingerprint density at radius 2 is 2.14 bits per heavy atom. The molecule has 4 heterocycles. The quantitative estimate of drug-likeness (QED) is 0.740. The van der Waals surface area contributed by atoms with Crippen LogP contribution < -0.4 is 10.6 Å². The van der Waals surface area contributed by atoms with Gasteiger partial charge < -0.3 is 20.3 Å². The molecule has 2 aromatic heterocycles. The predicted octanol–water partition coefficient (Wildman–Crippen LogP) is 2.81. The van der Waals surface area contributed by atoms with Gasteiger partial charge >= 0.3 is 0 Å². The summed E-state index contributed by atoms with van der Waals surface area (Å²) in [6.45, 7) is 7.45. The highest BCUT2D eigenvalue weighted by atomic mass is 32.1.